The quantitative estimate of drug-likeness (QED) is 0.655. The smallest absolute Gasteiger partial charge is 0.266 e. The molecule has 0 fully saturated rings. The maximum absolute atomic E-state index is 11.2. The summed E-state index contributed by atoms with van der Waals surface area (Å²) < 4.78 is 1.21. The van der Waals surface area contributed by atoms with Gasteiger partial charge >= 0.3 is 0 Å². The number of halogens is 1. The molecule has 4 nitrogen and oxygen atoms in total. The summed E-state index contributed by atoms with van der Waals surface area (Å²) in [5, 5.41) is 0.308. The van der Waals surface area contributed by atoms with Crippen molar-refractivity contribution in [2.75, 3.05) is 0 Å². The molecule has 0 unspecified atom stereocenters. The fourth-order valence-electron chi connectivity index (χ4n) is 1.80. The van der Waals surface area contributed by atoms with Crippen molar-refractivity contribution in [2.45, 2.75) is 19.8 Å². The lowest BCUT2D eigenvalue weighted by molar-refractivity contribution is -0.111. The third kappa shape index (κ3) is 1.85. The average Bonchev–Trinajstić information content (AvgIpc) is 2.65. The second-order valence-electron chi connectivity index (χ2n) is 3.78. The fraction of sp³-hybridized carbons (Fsp3) is 0.250. The van der Waals surface area contributed by atoms with Crippen molar-refractivity contribution in [3.63, 3.8) is 0 Å². The summed E-state index contributed by atoms with van der Waals surface area (Å²) in [7, 11) is 0. The molecule has 2 aromatic rings. The van der Waals surface area contributed by atoms with Crippen molar-refractivity contribution < 1.29 is 9.59 Å². The van der Waals surface area contributed by atoms with Gasteiger partial charge in [0.2, 0.25) is 5.24 Å². The zero-order valence-electron chi connectivity index (χ0n) is 9.20. The Kier molecular flexibility index (Phi) is 2.98. The van der Waals surface area contributed by atoms with Crippen molar-refractivity contribution >= 4 is 33.7 Å². The third-order valence-corrected chi connectivity index (χ3v) is 2.76. The second-order valence-corrected chi connectivity index (χ2v) is 4.20. The Balaban J connectivity index is 0.000000157. The Morgan fingerprint density at radius 2 is 2.06 bits per heavy atom. The molecule has 0 saturated heterocycles. The number of fused-ring (bicyclic) bond motifs is 1. The topological polar surface area (TPSA) is 56.1 Å². The van der Waals surface area contributed by atoms with Gasteiger partial charge in [0.05, 0.1) is 16.5 Å². The summed E-state index contributed by atoms with van der Waals surface area (Å²) in [5.74, 6) is -0.162. The van der Waals surface area contributed by atoms with E-state index in [1.165, 1.54) is 4.57 Å². The molecule has 0 saturated carbocycles. The molecule has 0 atom stereocenters. The van der Waals surface area contributed by atoms with Crippen LogP contribution in [0.5, 0.6) is 0 Å². The molecular weight excluding hydrogens is 242 g/mol. The monoisotopic (exact) mass is 251 g/mol. The summed E-state index contributed by atoms with van der Waals surface area (Å²) in [6.07, 6.45) is 1.35. The van der Waals surface area contributed by atoms with E-state index in [0.29, 0.717) is 22.9 Å². The van der Waals surface area contributed by atoms with Crippen LogP contribution in [0.2, 0.25) is 0 Å². The number of pyridine rings is 2. The van der Waals surface area contributed by atoms with E-state index in [0.717, 1.165) is 6.42 Å². The molecule has 0 radical (unpaired) electrons. The zero-order chi connectivity index (χ0) is 12.6. The van der Waals surface area contributed by atoms with E-state index in [1.807, 2.05) is 6.92 Å². The van der Waals surface area contributed by atoms with E-state index in [4.69, 9.17) is 11.6 Å². The van der Waals surface area contributed by atoms with Gasteiger partial charge in [0.25, 0.3) is 11.5 Å². The highest BCUT2D eigenvalue weighted by molar-refractivity contribution is 6.63. The summed E-state index contributed by atoms with van der Waals surface area (Å²) in [5.41, 5.74) is 1.11. The van der Waals surface area contributed by atoms with Crippen molar-refractivity contribution in [2.24, 2.45) is 0 Å². The molecule has 2 aliphatic rings. The van der Waals surface area contributed by atoms with Gasteiger partial charge in [-0.3, -0.25) is 14.4 Å². The lowest BCUT2D eigenvalue weighted by Crippen LogP contribution is -2.16. The van der Waals surface area contributed by atoms with Gasteiger partial charge in [-0.2, -0.15) is 0 Å². The van der Waals surface area contributed by atoms with E-state index in [9.17, 15) is 14.4 Å². The van der Waals surface area contributed by atoms with Gasteiger partial charge in [-0.05, 0) is 36.2 Å². The standard InChI is InChI=1S/C8H3NO2.C4H7ClO/c10-7-5-2-1-4-3-6(5)8(11)9(4)7;1-2-3-4(5)6/h1-3H;2-3H2,1H3. The van der Waals surface area contributed by atoms with E-state index in [1.54, 1.807) is 18.2 Å². The summed E-state index contributed by atoms with van der Waals surface area (Å²) in [4.78, 5) is 32.2. The number of carbonyl (C=O) groups excluding carboxylic acids is 2. The maximum atomic E-state index is 11.2. The SMILES string of the molecule is CCCC(=O)Cl.O=C1c2cc3ccc2c(=O)n31. The van der Waals surface area contributed by atoms with E-state index in [-0.39, 0.29) is 16.7 Å². The summed E-state index contributed by atoms with van der Waals surface area (Å²) in [6.45, 7) is 1.92. The van der Waals surface area contributed by atoms with Gasteiger partial charge in [0.1, 0.15) is 0 Å². The zero-order valence-corrected chi connectivity index (χ0v) is 9.95. The summed E-state index contributed by atoms with van der Waals surface area (Å²) in [6, 6.07) is 5.23. The highest BCUT2D eigenvalue weighted by Crippen LogP contribution is 2.22. The number of carbonyl (C=O) groups is 2. The van der Waals surface area contributed by atoms with Crippen LogP contribution in [0.15, 0.2) is 23.0 Å². The Labute approximate surface area is 102 Å². The van der Waals surface area contributed by atoms with Gasteiger partial charge < -0.3 is 0 Å². The predicted molar refractivity (Wildman–Crippen MR) is 64.9 cm³/mol. The highest BCUT2D eigenvalue weighted by atomic mass is 35.5. The molecule has 4 bridgehead atoms. The van der Waals surface area contributed by atoms with Gasteiger partial charge in [-0.1, -0.05) is 6.92 Å². The van der Waals surface area contributed by atoms with Crippen molar-refractivity contribution in [1.82, 2.24) is 4.57 Å². The largest absolute Gasteiger partial charge is 0.281 e. The van der Waals surface area contributed by atoms with Crippen molar-refractivity contribution in [1.29, 1.82) is 0 Å². The molecule has 3 heterocycles. The molecule has 88 valence electrons. The Bertz CT molecular complexity index is 644. The second kappa shape index (κ2) is 4.30. The first-order valence-corrected chi connectivity index (χ1v) is 5.65. The minimum Gasteiger partial charge on any atom is -0.281 e. The van der Waals surface area contributed by atoms with E-state index >= 15 is 0 Å². The van der Waals surface area contributed by atoms with Crippen LogP contribution in [-0.4, -0.2) is 15.7 Å². The van der Waals surface area contributed by atoms with Crippen molar-refractivity contribution in [3.05, 3.63) is 34.1 Å². The molecule has 1 aromatic heterocycles. The lowest BCUT2D eigenvalue weighted by Gasteiger charge is -1.92. The van der Waals surface area contributed by atoms with Gasteiger partial charge in [0.15, 0.2) is 0 Å². The van der Waals surface area contributed by atoms with Crippen LogP contribution < -0.4 is 5.56 Å². The molecule has 0 N–H and O–H groups in total. The number of benzene rings is 1. The summed E-state index contributed by atoms with van der Waals surface area (Å²) >= 11 is 4.94. The molecule has 0 amide bonds. The average molecular weight is 252 g/mol. The van der Waals surface area contributed by atoms with Crippen LogP contribution in [0.1, 0.15) is 30.1 Å². The minimum atomic E-state index is -0.238. The lowest BCUT2D eigenvalue weighted by atomic mass is 10.2. The molecule has 0 aliphatic carbocycles. The van der Waals surface area contributed by atoms with Gasteiger partial charge in [0, 0.05) is 6.42 Å². The first kappa shape index (κ1) is 11.8. The number of nitrogens with zero attached hydrogens (tertiary/aromatic N) is 1. The Hall–Kier alpha value is -1.68. The normalized spacial score (nSPS) is 12.0. The van der Waals surface area contributed by atoms with Crippen LogP contribution in [-0.2, 0) is 4.79 Å². The molecule has 5 heteroatoms. The Morgan fingerprint density at radius 3 is 2.35 bits per heavy atom. The van der Waals surface area contributed by atoms with E-state index < -0.39 is 0 Å². The van der Waals surface area contributed by atoms with Crippen LogP contribution in [0.25, 0.3) is 10.9 Å². The molecular formula is C12H10ClNO3. The van der Waals surface area contributed by atoms with Crippen LogP contribution in [0.3, 0.4) is 0 Å². The van der Waals surface area contributed by atoms with Crippen LogP contribution in [0.4, 0.5) is 0 Å². The van der Waals surface area contributed by atoms with Crippen LogP contribution >= 0.6 is 11.6 Å². The fourth-order valence-corrected chi connectivity index (χ4v) is 1.99. The predicted octanol–water partition coefficient (Wildman–Crippen LogP) is 1.99. The first-order chi connectivity index (χ1) is 8.06. The van der Waals surface area contributed by atoms with Gasteiger partial charge in [-0.25, -0.2) is 4.57 Å². The highest BCUT2D eigenvalue weighted by Gasteiger charge is 2.27. The molecule has 4 rings (SSSR count). The molecule has 1 aromatic carbocycles. The third-order valence-electron chi connectivity index (χ3n) is 2.57. The number of aromatic nitrogens is 1. The number of hydrogen-bond donors (Lipinski definition) is 0. The molecule has 0 spiro atoms. The number of hydrogen-bond acceptors (Lipinski definition) is 3. The van der Waals surface area contributed by atoms with E-state index in [2.05, 4.69) is 0 Å². The minimum absolute atomic E-state index is 0.162. The maximum Gasteiger partial charge on any atom is 0.266 e. The number of rotatable bonds is 2. The van der Waals surface area contributed by atoms with Crippen LogP contribution in [0, 0.1) is 0 Å². The molecule has 17 heavy (non-hydrogen) atoms. The Morgan fingerprint density at radius 1 is 1.35 bits per heavy atom. The first-order valence-electron chi connectivity index (χ1n) is 5.27. The van der Waals surface area contributed by atoms with Gasteiger partial charge in [-0.15, -0.1) is 0 Å². The molecule has 2 aliphatic heterocycles. The van der Waals surface area contributed by atoms with Crippen molar-refractivity contribution in [3.8, 4) is 0 Å².